The standard InChI is InChI=1S/C26H38O4/c1-13(2)17(6)23(28)30-25-12-16(5)26(29)19-11-15(4)21(27)18(19)9-14(3)10-20(26)22(25)24(25,7)8/h10-11,13,16-20,22,29H,9,12H2,1-8H3/t16-,17-,18+,19-,20+,22-,25+,26+/m1/s1. The molecule has 30 heavy (non-hydrogen) atoms. The average Bonchev–Trinajstić information content (AvgIpc) is 3.01. The van der Waals surface area contributed by atoms with Gasteiger partial charge in [0.2, 0.25) is 0 Å². The van der Waals surface area contributed by atoms with Gasteiger partial charge in [-0.2, -0.15) is 0 Å². The molecule has 4 rings (SSSR count). The maximum Gasteiger partial charge on any atom is 0.309 e. The van der Waals surface area contributed by atoms with Crippen LogP contribution in [0.2, 0.25) is 0 Å². The van der Waals surface area contributed by atoms with Crippen LogP contribution >= 0.6 is 0 Å². The Morgan fingerprint density at radius 3 is 2.40 bits per heavy atom. The Labute approximate surface area is 181 Å². The zero-order valence-corrected chi connectivity index (χ0v) is 19.8. The molecule has 4 nitrogen and oxygen atoms in total. The molecule has 0 bridgehead atoms. The second-order valence-corrected chi connectivity index (χ2v) is 11.6. The van der Waals surface area contributed by atoms with Crippen LogP contribution in [0.4, 0.5) is 0 Å². The topological polar surface area (TPSA) is 63.6 Å². The fourth-order valence-electron chi connectivity index (χ4n) is 7.08. The van der Waals surface area contributed by atoms with Gasteiger partial charge in [0, 0.05) is 29.1 Å². The van der Waals surface area contributed by atoms with E-state index in [0.717, 1.165) is 11.1 Å². The van der Waals surface area contributed by atoms with E-state index in [2.05, 4.69) is 33.8 Å². The lowest BCUT2D eigenvalue weighted by molar-refractivity contribution is -0.177. The highest BCUT2D eigenvalue weighted by atomic mass is 16.6. The predicted octanol–water partition coefficient (Wildman–Crippen LogP) is 4.72. The van der Waals surface area contributed by atoms with E-state index in [9.17, 15) is 14.7 Å². The third-order valence-electron chi connectivity index (χ3n) is 9.36. The molecule has 0 aromatic carbocycles. The maximum atomic E-state index is 13.0. The Morgan fingerprint density at radius 2 is 1.80 bits per heavy atom. The number of hydrogen-bond donors (Lipinski definition) is 1. The van der Waals surface area contributed by atoms with Crippen molar-refractivity contribution >= 4 is 11.8 Å². The van der Waals surface area contributed by atoms with Gasteiger partial charge in [-0.3, -0.25) is 9.59 Å². The largest absolute Gasteiger partial charge is 0.458 e. The third kappa shape index (κ3) is 2.61. The van der Waals surface area contributed by atoms with E-state index in [1.54, 1.807) is 0 Å². The number of fused-ring (bicyclic) bond motifs is 5. The maximum absolute atomic E-state index is 13.0. The number of carbonyl (C=O) groups is 2. The Balaban J connectivity index is 1.76. The van der Waals surface area contributed by atoms with Crippen molar-refractivity contribution in [2.75, 3.05) is 0 Å². The van der Waals surface area contributed by atoms with E-state index in [0.29, 0.717) is 12.8 Å². The van der Waals surface area contributed by atoms with Crippen molar-refractivity contribution in [1.29, 1.82) is 0 Å². The molecule has 0 heterocycles. The van der Waals surface area contributed by atoms with E-state index in [1.807, 2.05) is 33.8 Å². The molecule has 0 unspecified atom stereocenters. The number of allylic oxidation sites excluding steroid dienone is 2. The van der Waals surface area contributed by atoms with Gasteiger partial charge >= 0.3 is 5.97 Å². The Morgan fingerprint density at radius 1 is 1.17 bits per heavy atom. The quantitative estimate of drug-likeness (QED) is 0.536. The van der Waals surface area contributed by atoms with Crippen LogP contribution in [-0.2, 0) is 14.3 Å². The van der Waals surface area contributed by atoms with Gasteiger partial charge in [0.1, 0.15) is 5.60 Å². The van der Waals surface area contributed by atoms with E-state index in [4.69, 9.17) is 4.74 Å². The van der Waals surface area contributed by atoms with Gasteiger partial charge in [-0.1, -0.05) is 59.3 Å². The molecule has 1 N–H and O–H groups in total. The first kappa shape index (κ1) is 21.8. The molecule has 0 saturated heterocycles. The molecule has 0 spiro atoms. The van der Waals surface area contributed by atoms with E-state index >= 15 is 0 Å². The summed E-state index contributed by atoms with van der Waals surface area (Å²) in [5, 5.41) is 12.3. The zero-order valence-electron chi connectivity index (χ0n) is 19.8. The number of Topliss-reactive ketones (excluding diaryl/α,β-unsaturated/α-hetero) is 1. The predicted molar refractivity (Wildman–Crippen MR) is 116 cm³/mol. The van der Waals surface area contributed by atoms with Crippen LogP contribution < -0.4 is 0 Å². The van der Waals surface area contributed by atoms with Crippen LogP contribution in [0.3, 0.4) is 0 Å². The first-order valence-corrected chi connectivity index (χ1v) is 11.6. The highest BCUT2D eigenvalue weighted by Crippen LogP contribution is 2.76. The first-order chi connectivity index (χ1) is 13.8. The molecule has 166 valence electrons. The van der Waals surface area contributed by atoms with Crippen molar-refractivity contribution in [3.05, 3.63) is 23.3 Å². The third-order valence-corrected chi connectivity index (χ3v) is 9.36. The molecule has 0 aromatic rings. The molecule has 0 aliphatic heterocycles. The van der Waals surface area contributed by atoms with Gasteiger partial charge < -0.3 is 9.84 Å². The van der Waals surface area contributed by atoms with E-state index in [-0.39, 0.29) is 58.6 Å². The summed E-state index contributed by atoms with van der Waals surface area (Å²) in [4.78, 5) is 25.8. The Bertz CT molecular complexity index is 849. The van der Waals surface area contributed by atoms with Crippen molar-refractivity contribution in [1.82, 2.24) is 0 Å². The molecular weight excluding hydrogens is 376 g/mol. The summed E-state index contributed by atoms with van der Waals surface area (Å²) < 4.78 is 6.32. The number of esters is 1. The van der Waals surface area contributed by atoms with Crippen molar-refractivity contribution in [2.24, 2.45) is 46.8 Å². The molecule has 4 aliphatic carbocycles. The zero-order chi connectivity index (χ0) is 22.4. The first-order valence-electron chi connectivity index (χ1n) is 11.6. The molecule has 0 aromatic heterocycles. The van der Waals surface area contributed by atoms with Gasteiger partial charge in [-0.25, -0.2) is 0 Å². The van der Waals surface area contributed by atoms with Crippen molar-refractivity contribution in [2.45, 2.75) is 79.4 Å². The fraction of sp³-hybridized carbons (Fsp3) is 0.769. The minimum absolute atomic E-state index is 0.0626. The van der Waals surface area contributed by atoms with Crippen molar-refractivity contribution in [3.63, 3.8) is 0 Å². The van der Waals surface area contributed by atoms with Crippen LogP contribution in [0.25, 0.3) is 0 Å². The SMILES string of the molecule is CC1=C[C@H]2[C@@H]3C(C)(C)[C@]3(OC(=O)[C@H](C)C(C)C)C[C@@H](C)[C@]2(O)[C@@H]2C=C(C)C(=O)[C@H]2C1. The minimum atomic E-state index is -0.992. The Hall–Kier alpha value is -1.42. The number of rotatable bonds is 3. The van der Waals surface area contributed by atoms with Gasteiger partial charge in [0.25, 0.3) is 0 Å². The molecule has 2 fully saturated rings. The van der Waals surface area contributed by atoms with Crippen molar-refractivity contribution in [3.8, 4) is 0 Å². The number of carbonyl (C=O) groups excluding carboxylic acids is 2. The summed E-state index contributed by atoms with van der Waals surface area (Å²) in [6.07, 6.45) is 5.58. The summed E-state index contributed by atoms with van der Waals surface area (Å²) in [6, 6.07) is 0. The summed E-state index contributed by atoms with van der Waals surface area (Å²) in [5.41, 5.74) is 0.203. The lowest BCUT2D eigenvalue weighted by Gasteiger charge is -2.49. The number of ketones is 1. The van der Waals surface area contributed by atoms with Crippen LogP contribution in [0, 0.1) is 46.8 Å². The van der Waals surface area contributed by atoms with Gasteiger partial charge in [0.15, 0.2) is 5.78 Å². The second-order valence-electron chi connectivity index (χ2n) is 11.6. The van der Waals surface area contributed by atoms with Crippen LogP contribution in [0.5, 0.6) is 0 Å². The molecule has 0 radical (unpaired) electrons. The lowest BCUT2D eigenvalue weighted by Crippen LogP contribution is -2.56. The van der Waals surface area contributed by atoms with E-state index in [1.165, 1.54) is 0 Å². The fourth-order valence-corrected chi connectivity index (χ4v) is 7.08. The average molecular weight is 415 g/mol. The summed E-state index contributed by atoms with van der Waals surface area (Å²) in [6.45, 7) is 16.4. The van der Waals surface area contributed by atoms with Crippen LogP contribution in [0.1, 0.15) is 68.2 Å². The van der Waals surface area contributed by atoms with Crippen molar-refractivity contribution < 1.29 is 19.4 Å². The van der Waals surface area contributed by atoms with Gasteiger partial charge in [-0.05, 0) is 44.1 Å². The van der Waals surface area contributed by atoms with Crippen LogP contribution in [0.15, 0.2) is 23.3 Å². The number of ether oxygens (including phenoxy) is 1. The molecule has 4 aliphatic rings. The summed E-state index contributed by atoms with van der Waals surface area (Å²) in [5.74, 6) is -0.347. The summed E-state index contributed by atoms with van der Waals surface area (Å²) >= 11 is 0. The number of aliphatic hydroxyl groups is 1. The molecule has 4 heteroatoms. The normalized spacial score (nSPS) is 44.9. The number of hydrogen-bond acceptors (Lipinski definition) is 4. The smallest absolute Gasteiger partial charge is 0.309 e. The minimum Gasteiger partial charge on any atom is -0.458 e. The molecular formula is C26H38O4. The highest BCUT2D eigenvalue weighted by molar-refractivity contribution is 5.99. The molecule has 0 amide bonds. The summed E-state index contributed by atoms with van der Waals surface area (Å²) in [7, 11) is 0. The van der Waals surface area contributed by atoms with Gasteiger partial charge in [-0.15, -0.1) is 0 Å². The van der Waals surface area contributed by atoms with E-state index < -0.39 is 11.2 Å². The molecule has 2 saturated carbocycles. The molecule has 8 atom stereocenters. The van der Waals surface area contributed by atoms with Gasteiger partial charge in [0.05, 0.1) is 11.5 Å². The van der Waals surface area contributed by atoms with Crippen LogP contribution in [-0.4, -0.2) is 28.1 Å². The lowest BCUT2D eigenvalue weighted by atomic mass is 9.61. The highest BCUT2D eigenvalue weighted by Gasteiger charge is 2.82. The monoisotopic (exact) mass is 414 g/mol. The Kier molecular flexibility index (Phi) is 4.75. The second kappa shape index (κ2) is 6.54.